The number of hydrogen-bond acceptors (Lipinski definition) is 2. The van der Waals surface area contributed by atoms with Gasteiger partial charge in [-0.25, -0.2) is 4.39 Å². The number of benzene rings is 1. The third kappa shape index (κ3) is 4.75. The number of hydrogen-bond donors (Lipinski definition) is 1. The summed E-state index contributed by atoms with van der Waals surface area (Å²) in [4.78, 5) is 0. The Bertz CT molecular complexity index is 354. The van der Waals surface area contributed by atoms with Crippen molar-refractivity contribution in [3.63, 3.8) is 0 Å². The van der Waals surface area contributed by atoms with Crippen molar-refractivity contribution in [2.75, 3.05) is 19.8 Å². The second-order valence-corrected chi connectivity index (χ2v) is 4.52. The van der Waals surface area contributed by atoms with Crippen LogP contribution in [0.5, 0.6) is 0 Å². The van der Waals surface area contributed by atoms with Crippen LogP contribution in [0.2, 0.25) is 0 Å². The molecule has 0 fully saturated rings. The molecule has 0 aliphatic heterocycles. The first-order valence-corrected chi connectivity index (χ1v) is 6.76. The van der Waals surface area contributed by atoms with E-state index in [1.54, 1.807) is 13.0 Å². The van der Waals surface area contributed by atoms with Crippen LogP contribution >= 0.6 is 0 Å². The molecule has 0 bridgehead atoms. The smallest absolute Gasteiger partial charge is 0.126 e. The minimum atomic E-state index is -0.134. The van der Waals surface area contributed by atoms with Crippen molar-refractivity contribution in [1.82, 2.24) is 5.32 Å². The van der Waals surface area contributed by atoms with E-state index >= 15 is 0 Å². The molecule has 1 rings (SSSR count). The summed E-state index contributed by atoms with van der Waals surface area (Å²) < 4.78 is 19.1. The number of nitrogens with one attached hydrogen (secondary N) is 1. The van der Waals surface area contributed by atoms with E-state index in [-0.39, 0.29) is 11.9 Å². The van der Waals surface area contributed by atoms with Gasteiger partial charge in [0.25, 0.3) is 0 Å². The Labute approximate surface area is 110 Å². The summed E-state index contributed by atoms with van der Waals surface area (Å²) in [5.74, 6) is -0.134. The Morgan fingerprint density at radius 1 is 1.28 bits per heavy atom. The van der Waals surface area contributed by atoms with Gasteiger partial charge in [0, 0.05) is 19.3 Å². The van der Waals surface area contributed by atoms with Crippen LogP contribution in [0.4, 0.5) is 4.39 Å². The van der Waals surface area contributed by atoms with Crippen molar-refractivity contribution >= 4 is 0 Å². The molecule has 1 unspecified atom stereocenters. The van der Waals surface area contributed by atoms with Crippen LogP contribution in [0.3, 0.4) is 0 Å². The Balaban J connectivity index is 2.61. The summed E-state index contributed by atoms with van der Waals surface area (Å²) in [5.41, 5.74) is 1.69. The Hall–Kier alpha value is -0.930. The molecule has 0 amide bonds. The van der Waals surface area contributed by atoms with Crippen molar-refractivity contribution in [2.24, 2.45) is 0 Å². The molecule has 2 nitrogen and oxygen atoms in total. The third-order valence-electron chi connectivity index (χ3n) is 2.95. The molecular weight excluding hydrogens is 229 g/mol. The maximum Gasteiger partial charge on any atom is 0.126 e. The molecule has 0 radical (unpaired) electrons. The van der Waals surface area contributed by atoms with Gasteiger partial charge in [-0.3, -0.25) is 0 Å². The zero-order valence-electron chi connectivity index (χ0n) is 11.6. The maximum atomic E-state index is 13.6. The van der Waals surface area contributed by atoms with Crippen molar-refractivity contribution in [3.05, 3.63) is 35.1 Å². The van der Waals surface area contributed by atoms with Gasteiger partial charge in [-0.15, -0.1) is 0 Å². The molecule has 0 aliphatic rings. The number of ether oxygens (including phenoxy) is 1. The van der Waals surface area contributed by atoms with Gasteiger partial charge in [-0.2, -0.15) is 0 Å². The van der Waals surface area contributed by atoms with Gasteiger partial charge < -0.3 is 10.1 Å². The van der Waals surface area contributed by atoms with E-state index in [2.05, 4.69) is 19.2 Å². The van der Waals surface area contributed by atoms with Gasteiger partial charge in [-0.05, 0) is 43.5 Å². The van der Waals surface area contributed by atoms with E-state index in [1.807, 2.05) is 12.1 Å². The van der Waals surface area contributed by atoms with Crippen molar-refractivity contribution in [2.45, 2.75) is 39.7 Å². The normalized spacial score (nSPS) is 12.7. The summed E-state index contributed by atoms with van der Waals surface area (Å²) in [6.45, 7) is 8.31. The Kier molecular flexibility index (Phi) is 6.91. The lowest BCUT2D eigenvalue weighted by Gasteiger charge is -2.18. The average molecular weight is 253 g/mol. The molecule has 0 saturated heterocycles. The molecule has 0 aromatic heterocycles. The van der Waals surface area contributed by atoms with Gasteiger partial charge in [0.05, 0.1) is 0 Å². The molecule has 0 heterocycles. The zero-order valence-corrected chi connectivity index (χ0v) is 11.6. The lowest BCUT2D eigenvalue weighted by Crippen LogP contribution is -2.22. The predicted molar refractivity (Wildman–Crippen MR) is 73.3 cm³/mol. The van der Waals surface area contributed by atoms with Crippen LogP contribution < -0.4 is 5.32 Å². The molecule has 1 aromatic carbocycles. The van der Waals surface area contributed by atoms with Crippen molar-refractivity contribution in [3.8, 4) is 0 Å². The van der Waals surface area contributed by atoms with E-state index in [9.17, 15) is 4.39 Å². The van der Waals surface area contributed by atoms with Gasteiger partial charge in [-0.1, -0.05) is 26.0 Å². The highest BCUT2D eigenvalue weighted by Crippen LogP contribution is 2.19. The fraction of sp³-hybridized carbons (Fsp3) is 0.600. The van der Waals surface area contributed by atoms with Crippen LogP contribution in [0, 0.1) is 12.7 Å². The van der Waals surface area contributed by atoms with Crippen LogP contribution in [0.1, 0.15) is 43.9 Å². The zero-order chi connectivity index (χ0) is 13.4. The molecule has 18 heavy (non-hydrogen) atoms. The Morgan fingerprint density at radius 3 is 2.67 bits per heavy atom. The summed E-state index contributed by atoms with van der Waals surface area (Å²) >= 11 is 0. The Morgan fingerprint density at radius 2 is 2.06 bits per heavy atom. The molecule has 3 heteroatoms. The lowest BCUT2D eigenvalue weighted by atomic mass is 10.0. The SMILES string of the molecule is CCCOCCC(NCC)c1ccc(C)c(F)c1. The molecule has 1 aromatic rings. The largest absolute Gasteiger partial charge is 0.381 e. The van der Waals surface area contributed by atoms with Crippen LogP contribution in [0.15, 0.2) is 18.2 Å². The van der Waals surface area contributed by atoms with Gasteiger partial charge in [0.1, 0.15) is 5.82 Å². The first-order chi connectivity index (χ1) is 8.69. The molecule has 102 valence electrons. The highest BCUT2D eigenvalue weighted by molar-refractivity contribution is 5.25. The van der Waals surface area contributed by atoms with Crippen LogP contribution in [-0.2, 0) is 4.74 Å². The van der Waals surface area contributed by atoms with E-state index in [0.29, 0.717) is 12.2 Å². The number of aryl methyl sites for hydroxylation is 1. The van der Waals surface area contributed by atoms with Crippen molar-refractivity contribution < 1.29 is 9.13 Å². The van der Waals surface area contributed by atoms with Crippen LogP contribution in [0.25, 0.3) is 0 Å². The average Bonchev–Trinajstić information content (AvgIpc) is 2.37. The van der Waals surface area contributed by atoms with E-state index < -0.39 is 0 Å². The minimum Gasteiger partial charge on any atom is -0.381 e. The standard InChI is InChI=1S/C15H24FNO/c1-4-9-18-10-8-15(17-5-2)13-7-6-12(3)14(16)11-13/h6-7,11,15,17H,4-5,8-10H2,1-3H3. The second kappa shape index (κ2) is 8.22. The molecule has 0 saturated carbocycles. The molecule has 0 aliphatic carbocycles. The minimum absolute atomic E-state index is 0.134. The van der Waals surface area contributed by atoms with Gasteiger partial charge >= 0.3 is 0 Å². The van der Waals surface area contributed by atoms with Crippen LogP contribution in [-0.4, -0.2) is 19.8 Å². The quantitative estimate of drug-likeness (QED) is 0.715. The highest BCUT2D eigenvalue weighted by atomic mass is 19.1. The highest BCUT2D eigenvalue weighted by Gasteiger charge is 2.11. The maximum absolute atomic E-state index is 13.6. The van der Waals surface area contributed by atoms with Crippen molar-refractivity contribution in [1.29, 1.82) is 0 Å². The fourth-order valence-electron chi connectivity index (χ4n) is 1.91. The van der Waals surface area contributed by atoms with E-state index in [4.69, 9.17) is 4.74 Å². The van der Waals surface area contributed by atoms with E-state index in [0.717, 1.165) is 31.6 Å². The molecular formula is C15H24FNO. The van der Waals surface area contributed by atoms with Gasteiger partial charge in [0.15, 0.2) is 0 Å². The fourth-order valence-corrected chi connectivity index (χ4v) is 1.91. The second-order valence-electron chi connectivity index (χ2n) is 4.52. The topological polar surface area (TPSA) is 21.3 Å². The lowest BCUT2D eigenvalue weighted by molar-refractivity contribution is 0.124. The third-order valence-corrected chi connectivity index (χ3v) is 2.95. The summed E-state index contributed by atoms with van der Waals surface area (Å²) in [6, 6.07) is 5.62. The number of halogens is 1. The van der Waals surface area contributed by atoms with E-state index in [1.165, 1.54) is 0 Å². The molecule has 1 N–H and O–H groups in total. The summed E-state index contributed by atoms with van der Waals surface area (Å²) in [7, 11) is 0. The molecule has 0 spiro atoms. The predicted octanol–water partition coefficient (Wildman–Crippen LogP) is 3.60. The summed E-state index contributed by atoms with van der Waals surface area (Å²) in [6.07, 6.45) is 1.90. The summed E-state index contributed by atoms with van der Waals surface area (Å²) in [5, 5.41) is 3.38. The monoisotopic (exact) mass is 253 g/mol. The number of rotatable bonds is 8. The molecule has 1 atom stereocenters. The first-order valence-electron chi connectivity index (χ1n) is 6.76. The van der Waals surface area contributed by atoms with Gasteiger partial charge in [0.2, 0.25) is 0 Å². The first kappa shape index (κ1) is 15.1.